The van der Waals surface area contributed by atoms with Gasteiger partial charge < -0.3 is 4.74 Å². The van der Waals surface area contributed by atoms with Crippen LogP contribution in [0.1, 0.15) is 27.2 Å². The van der Waals surface area contributed by atoms with Gasteiger partial charge in [-0.1, -0.05) is 32.6 Å². The van der Waals surface area contributed by atoms with Crippen molar-refractivity contribution in [2.75, 3.05) is 6.61 Å². The molecule has 0 N–H and O–H groups in total. The molecule has 0 bridgehead atoms. The largest absolute Gasteiger partial charge is 0.367 e. The van der Waals surface area contributed by atoms with Crippen molar-refractivity contribution in [3.63, 3.8) is 0 Å². The molecule has 1 heteroatoms. The van der Waals surface area contributed by atoms with Gasteiger partial charge in [0.2, 0.25) is 0 Å². The van der Waals surface area contributed by atoms with E-state index in [4.69, 9.17) is 4.74 Å². The molecular weight excluding hydrogens is 148 g/mol. The second-order valence-electron chi connectivity index (χ2n) is 4.00. The molecule has 0 aromatic heterocycles. The average Bonchev–Trinajstić information content (AvgIpc) is 2.28. The van der Waals surface area contributed by atoms with Gasteiger partial charge in [0.1, 0.15) is 0 Å². The van der Waals surface area contributed by atoms with Crippen LogP contribution in [0.2, 0.25) is 0 Å². The number of rotatable bonds is 3. The fraction of sp³-hybridized carbons (Fsp3) is 0.636. The van der Waals surface area contributed by atoms with Crippen molar-refractivity contribution in [1.29, 1.82) is 0 Å². The van der Waals surface area contributed by atoms with E-state index in [0.717, 1.165) is 13.0 Å². The van der Waals surface area contributed by atoms with Gasteiger partial charge in [0.15, 0.2) is 0 Å². The van der Waals surface area contributed by atoms with Gasteiger partial charge in [-0.25, -0.2) is 0 Å². The summed E-state index contributed by atoms with van der Waals surface area (Å²) in [6.07, 6.45) is 5.11. The normalized spacial score (nSPS) is 29.2. The molecule has 1 rings (SSSR count). The van der Waals surface area contributed by atoms with Crippen molar-refractivity contribution < 1.29 is 4.74 Å². The third-order valence-corrected chi connectivity index (χ3v) is 2.33. The van der Waals surface area contributed by atoms with Crippen LogP contribution < -0.4 is 0 Å². The first-order chi connectivity index (χ1) is 5.58. The zero-order chi connectivity index (χ0) is 9.19. The zero-order valence-electron chi connectivity index (χ0n) is 8.26. The smallest absolute Gasteiger partial charge is 0.0907 e. The molecule has 0 fully saturated rings. The summed E-state index contributed by atoms with van der Waals surface area (Å²) in [5.74, 6) is 0.663. The zero-order valence-corrected chi connectivity index (χ0v) is 8.26. The fourth-order valence-corrected chi connectivity index (χ4v) is 1.87. The molecule has 12 heavy (non-hydrogen) atoms. The fourth-order valence-electron chi connectivity index (χ4n) is 1.87. The van der Waals surface area contributed by atoms with Crippen LogP contribution in [-0.4, -0.2) is 12.2 Å². The van der Waals surface area contributed by atoms with Crippen LogP contribution in [0.3, 0.4) is 0 Å². The van der Waals surface area contributed by atoms with Crippen molar-refractivity contribution in [2.45, 2.75) is 32.8 Å². The van der Waals surface area contributed by atoms with Gasteiger partial charge in [-0.3, -0.25) is 0 Å². The summed E-state index contributed by atoms with van der Waals surface area (Å²) in [5, 5.41) is 0. The van der Waals surface area contributed by atoms with E-state index >= 15 is 0 Å². The standard InChI is InChI=1S/C11H18O/c1-5-10-6-7-12-11(10,4)8-9(2)3/h5-6,9H,1,7-8H2,2-4H3. The van der Waals surface area contributed by atoms with E-state index in [1.807, 2.05) is 6.08 Å². The predicted octanol–water partition coefficient (Wildman–Crippen LogP) is 2.93. The highest BCUT2D eigenvalue weighted by Crippen LogP contribution is 2.33. The lowest BCUT2D eigenvalue weighted by Gasteiger charge is -2.27. The van der Waals surface area contributed by atoms with E-state index in [-0.39, 0.29) is 5.60 Å². The summed E-state index contributed by atoms with van der Waals surface area (Å²) < 4.78 is 5.69. The van der Waals surface area contributed by atoms with Crippen LogP contribution in [-0.2, 0) is 4.74 Å². The summed E-state index contributed by atoms with van der Waals surface area (Å²) in [6, 6.07) is 0. The quantitative estimate of drug-likeness (QED) is 0.626. The average molecular weight is 166 g/mol. The van der Waals surface area contributed by atoms with E-state index in [9.17, 15) is 0 Å². The van der Waals surface area contributed by atoms with Crippen molar-refractivity contribution in [3.8, 4) is 0 Å². The molecule has 1 nitrogen and oxygen atoms in total. The molecule has 1 aliphatic heterocycles. The number of ether oxygens (including phenoxy) is 1. The molecule has 0 radical (unpaired) electrons. The first-order valence-electron chi connectivity index (χ1n) is 4.55. The Morgan fingerprint density at radius 3 is 2.92 bits per heavy atom. The van der Waals surface area contributed by atoms with E-state index < -0.39 is 0 Å². The second kappa shape index (κ2) is 3.44. The molecule has 0 saturated heterocycles. The van der Waals surface area contributed by atoms with Crippen molar-refractivity contribution in [3.05, 3.63) is 24.3 Å². The maximum atomic E-state index is 5.69. The lowest BCUT2D eigenvalue weighted by Crippen LogP contribution is -2.28. The third kappa shape index (κ3) is 1.78. The Bertz CT molecular complexity index is 203. The highest BCUT2D eigenvalue weighted by atomic mass is 16.5. The van der Waals surface area contributed by atoms with Crippen LogP contribution in [0, 0.1) is 5.92 Å². The Balaban J connectivity index is 2.70. The first kappa shape index (κ1) is 9.53. The molecule has 0 spiro atoms. The third-order valence-electron chi connectivity index (χ3n) is 2.33. The van der Waals surface area contributed by atoms with E-state index in [1.54, 1.807) is 0 Å². The van der Waals surface area contributed by atoms with Crippen LogP contribution in [0.15, 0.2) is 24.3 Å². The van der Waals surface area contributed by atoms with E-state index in [0.29, 0.717) is 5.92 Å². The second-order valence-corrected chi connectivity index (χ2v) is 4.00. The van der Waals surface area contributed by atoms with Gasteiger partial charge in [0.25, 0.3) is 0 Å². The minimum absolute atomic E-state index is 0.0735. The Morgan fingerprint density at radius 1 is 1.75 bits per heavy atom. The summed E-state index contributed by atoms with van der Waals surface area (Å²) in [5.41, 5.74) is 1.17. The minimum atomic E-state index is -0.0735. The van der Waals surface area contributed by atoms with E-state index in [2.05, 4.69) is 33.4 Å². The summed E-state index contributed by atoms with van der Waals surface area (Å²) in [6.45, 7) is 11.1. The number of hydrogen-bond acceptors (Lipinski definition) is 1. The topological polar surface area (TPSA) is 9.23 Å². The highest BCUT2D eigenvalue weighted by Gasteiger charge is 2.32. The molecule has 68 valence electrons. The predicted molar refractivity (Wildman–Crippen MR) is 52.1 cm³/mol. The SMILES string of the molecule is C=CC1=CCOC1(C)CC(C)C. The summed E-state index contributed by atoms with van der Waals surface area (Å²) in [7, 11) is 0. The van der Waals surface area contributed by atoms with Gasteiger partial charge in [-0.05, 0) is 24.8 Å². The maximum absolute atomic E-state index is 5.69. The summed E-state index contributed by atoms with van der Waals surface area (Å²) in [4.78, 5) is 0. The van der Waals surface area contributed by atoms with Gasteiger partial charge in [0, 0.05) is 0 Å². The lowest BCUT2D eigenvalue weighted by atomic mass is 9.88. The maximum Gasteiger partial charge on any atom is 0.0907 e. The Morgan fingerprint density at radius 2 is 2.42 bits per heavy atom. The Kier molecular flexibility index (Phi) is 2.73. The van der Waals surface area contributed by atoms with Crippen LogP contribution in [0.25, 0.3) is 0 Å². The van der Waals surface area contributed by atoms with Crippen molar-refractivity contribution >= 4 is 0 Å². The molecule has 0 amide bonds. The molecular formula is C11H18O. The van der Waals surface area contributed by atoms with Crippen molar-refractivity contribution in [1.82, 2.24) is 0 Å². The highest BCUT2D eigenvalue weighted by molar-refractivity contribution is 5.30. The van der Waals surface area contributed by atoms with Gasteiger partial charge in [-0.2, -0.15) is 0 Å². The van der Waals surface area contributed by atoms with Gasteiger partial charge >= 0.3 is 0 Å². The van der Waals surface area contributed by atoms with Crippen LogP contribution >= 0.6 is 0 Å². The molecule has 0 aliphatic carbocycles. The molecule has 0 aromatic rings. The summed E-state index contributed by atoms with van der Waals surface area (Å²) >= 11 is 0. The first-order valence-corrected chi connectivity index (χ1v) is 4.55. The molecule has 0 aromatic carbocycles. The molecule has 1 heterocycles. The van der Waals surface area contributed by atoms with Crippen molar-refractivity contribution in [2.24, 2.45) is 5.92 Å². The lowest BCUT2D eigenvalue weighted by molar-refractivity contribution is 0.0199. The number of hydrogen-bond donors (Lipinski definition) is 0. The van der Waals surface area contributed by atoms with Crippen LogP contribution in [0.4, 0.5) is 0 Å². The minimum Gasteiger partial charge on any atom is -0.367 e. The van der Waals surface area contributed by atoms with Gasteiger partial charge in [-0.15, -0.1) is 0 Å². The monoisotopic (exact) mass is 166 g/mol. The Labute approximate surface area is 75.1 Å². The molecule has 1 unspecified atom stereocenters. The van der Waals surface area contributed by atoms with Crippen LogP contribution in [0.5, 0.6) is 0 Å². The molecule has 0 saturated carbocycles. The molecule has 1 atom stereocenters. The van der Waals surface area contributed by atoms with E-state index in [1.165, 1.54) is 5.57 Å². The van der Waals surface area contributed by atoms with Gasteiger partial charge in [0.05, 0.1) is 12.2 Å². The molecule has 1 aliphatic rings. The Hall–Kier alpha value is -0.560.